The first-order valence-electron chi connectivity index (χ1n) is 12.7. The van der Waals surface area contributed by atoms with Gasteiger partial charge in [0, 0.05) is 26.2 Å². The summed E-state index contributed by atoms with van der Waals surface area (Å²) < 4.78 is 15.9. The Morgan fingerprint density at radius 3 is 2.36 bits per heavy atom. The van der Waals surface area contributed by atoms with Crippen LogP contribution in [0.25, 0.3) is 0 Å². The van der Waals surface area contributed by atoms with Crippen LogP contribution >= 0.6 is 0 Å². The van der Waals surface area contributed by atoms with Crippen molar-refractivity contribution >= 4 is 18.1 Å². The molecule has 36 heavy (non-hydrogen) atoms. The minimum Gasteiger partial charge on any atom is -0.445 e. The van der Waals surface area contributed by atoms with Crippen LogP contribution in [0, 0.1) is 0 Å². The second kappa shape index (κ2) is 16.0. The zero-order valence-electron chi connectivity index (χ0n) is 21.8. The number of nitrogens with one attached hydrogen (secondary N) is 3. The smallest absolute Gasteiger partial charge is 0.408 e. The minimum absolute atomic E-state index is 0.125. The van der Waals surface area contributed by atoms with Gasteiger partial charge in [-0.05, 0) is 58.6 Å². The van der Waals surface area contributed by atoms with Crippen molar-refractivity contribution in [2.75, 3.05) is 45.9 Å². The number of ether oxygens (including phenoxy) is 3. The Labute approximate surface area is 214 Å². The van der Waals surface area contributed by atoms with Crippen LogP contribution < -0.4 is 16.0 Å². The fraction of sp³-hybridized carbons (Fsp3) is 0.654. The highest BCUT2D eigenvalue weighted by molar-refractivity contribution is 5.85. The first-order chi connectivity index (χ1) is 17.2. The molecule has 0 radical (unpaired) electrons. The van der Waals surface area contributed by atoms with E-state index in [2.05, 4.69) is 20.9 Å². The molecule has 0 aromatic heterocycles. The quantitative estimate of drug-likeness (QED) is 0.352. The largest absolute Gasteiger partial charge is 0.445 e. The third-order valence-electron chi connectivity index (χ3n) is 5.46. The van der Waals surface area contributed by atoms with E-state index in [-0.39, 0.29) is 12.5 Å². The summed E-state index contributed by atoms with van der Waals surface area (Å²) in [4.78, 5) is 39.3. The van der Waals surface area contributed by atoms with Crippen LogP contribution in [0.15, 0.2) is 30.3 Å². The molecule has 0 unspecified atom stereocenters. The zero-order chi connectivity index (χ0) is 26.2. The van der Waals surface area contributed by atoms with Crippen molar-refractivity contribution in [2.45, 2.75) is 64.7 Å². The Balaban J connectivity index is 1.76. The third kappa shape index (κ3) is 13.3. The van der Waals surface area contributed by atoms with Gasteiger partial charge in [-0.15, -0.1) is 0 Å². The number of unbranched alkanes of at least 4 members (excludes halogenated alkanes) is 1. The molecule has 202 valence electrons. The summed E-state index contributed by atoms with van der Waals surface area (Å²) in [6.45, 7) is 10.7. The Morgan fingerprint density at radius 2 is 1.67 bits per heavy atom. The predicted molar refractivity (Wildman–Crippen MR) is 137 cm³/mol. The molecule has 1 aliphatic heterocycles. The van der Waals surface area contributed by atoms with Crippen LogP contribution in [-0.4, -0.2) is 80.6 Å². The lowest BCUT2D eigenvalue weighted by atomic mass is 10.1. The van der Waals surface area contributed by atoms with Crippen LogP contribution in [0.1, 0.15) is 52.0 Å². The van der Waals surface area contributed by atoms with E-state index in [1.54, 1.807) is 20.8 Å². The van der Waals surface area contributed by atoms with Crippen molar-refractivity contribution in [3.63, 3.8) is 0 Å². The van der Waals surface area contributed by atoms with E-state index in [1.165, 1.54) is 0 Å². The fourth-order valence-corrected chi connectivity index (χ4v) is 3.62. The van der Waals surface area contributed by atoms with E-state index in [4.69, 9.17) is 14.2 Å². The predicted octanol–water partition coefficient (Wildman–Crippen LogP) is 2.81. The van der Waals surface area contributed by atoms with E-state index in [0.29, 0.717) is 32.4 Å². The van der Waals surface area contributed by atoms with Crippen molar-refractivity contribution in [1.82, 2.24) is 20.9 Å². The van der Waals surface area contributed by atoms with Crippen LogP contribution in [-0.2, 0) is 25.6 Å². The molecule has 1 aliphatic rings. The highest BCUT2D eigenvalue weighted by Crippen LogP contribution is 2.07. The van der Waals surface area contributed by atoms with Gasteiger partial charge < -0.3 is 30.2 Å². The van der Waals surface area contributed by atoms with Gasteiger partial charge in [0.25, 0.3) is 0 Å². The van der Waals surface area contributed by atoms with E-state index in [9.17, 15) is 14.4 Å². The summed E-state index contributed by atoms with van der Waals surface area (Å²) in [6.07, 6.45) is 1.39. The van der Waals surface area contributed by atoms with Crippen molar-refractivity contribution in [3.8, 4) is 0 Å². The molecule has 1 aromatic carbocycles. The topological polar surface area (TPSA) is 118 Å². The SMILES string of the molecule is CC(C)(C)OC(=O)NCCCC[C@H](NC(=O)OCc1ccccc1)C(=O)NCCCN1CCOCC1. The number of benzene rings is 1. The summed E-state index contributed by atoms with van der Waals surface area (Å²) >= 11 is 0. The Kier molecular flexibility index (Phi) is 13.1. The number of hydrogen-bond acceptors (Lipinski definition) is 7. The van der Waals surface area contributed by atoms with E-state index < -0.39 is 23.8 Å². The van der Waals surface area contributed by atoms with Gasteiger partial charge in [-0.25, -0.2) is 9.59 Å². The van der Waals surface area contributed by atoms with Gasteiger partial charge in [0.1, 0.15) is 18.2 Å². The maximum absolute atomic E-state index is 12.8. The maximum Gasteiger partial charge on any atom is 0.408 e. The summed E-state index contributed by atoms with van der Waals surface area (Å²) in [5.74, 6) is -0.242. The van der Waals surface area contributed by atoms with Crippen LogP contribution in [0.2, 0.25) is 0 Å². The van der Waals surface area contributed by atoms with E-state index in [0.717, 1.165) is 44.8 Å². The number of carbonyl (C=O) groups is 3. The van der Waals surface area contributed by atoms with Gasteiger partial charge in [-0.2, -0.15) is 0 Å². The molecule has 0 bridgehead atoms. The lowest BCUT2D eigenvalue weighted by molar-refractivity contribution is -0.123. The molecule has 10 heteroatoms. The van der Waals surface area contributed by atoms with Gasteiger partial charge in [0.05, 0.1) is 13.2 Å². The van der Waals surface area contributed by atoms with Gasteiger partial charge in [0.15, 0.2) is 0 Å². The summed E-state index contributed by atoms with van der Waals surface area (Å²) in [7, 11) is 0. The number of rotatable bonds is 13. The number of nitrogens with zero attached hydrogens (tertiary/aromatic N) is 1. The molecule has 1 heterocycles. The second-order valence-corrected chi connectivity index (χ2v) is 9.78. The second-order valence-electron chi connectivity index (χ2n) is 9.78. The van der Waals surface area contributed by atoms with Crippen LogP contribution in [0.5, 0.6) is 0 Å². The highest BCUT2D eigenvalue weighted by Gasteiger charge is 2.21. The number of morpholine rings is 1. The van der Waals surface area contributed by atoms with E-state index in [1.807, 2.05) is 30.3 Å². The monoisotopic (exact) mass is 506 g/mol. The average Bonchev–Trinajstić information content (AvgIpc) is 2.84. The molecular weight excluding hydrogens is 464 g/mol. The van der Waals surface area contributed by atoms with Crippen molar-refractivity contribution in [1.29, 1.82) is 0 Å². The number of carbonyl (C=O) groups excluding carboxylic acids is 3. The highest BCUT2D eigenvalue weighted by atomic mass is 16.6. The van der Waals surface area contributed by atoms with Crippen molar-refractivity contribution < 1.29 is 28.6 Å². The summed E-state index contributed by atoms with van der Waals surface area (Å²) in [6, 6.07) is 8.64. The molecule has 1 aromatic rings. The van der Waals surface area contributed by atoms with Crippen LogP contribution in [0.4, 0.5) is 9.59 Å². The van der Waals surface area contributed by atoms with E-state index >= 15 is 0 Å². The molecule has 3 amide bonds. The number of hydrogen-bond donors (Lipinski definition) is 3. The molecule has 1 atom stereocenters. The van der Waals surface area contributed by atoms with Crippen molar-refractivity contribution in [2.24, 2.45) is 0 Å². The molecule has 1 fully saturated rings. The normalized spacial score (nSPS) is 15.0. The first kappa shape index (κ1) is 29.4. The lowest BCUT2D eigenvalue weighted by Crippen LogP contribution is -2.47. The summed E-state index contributed by atoms with van der Waals surface area (Å²) in [5.41, 5.74) is 0.309. The zero-order valence-corrected chi connectivity index (χ0v) is 21.8. The fourth-order valence-electron chi connectivity index (χ4n) is 3.62. The molecular formula is C26H42N4O6. The molecule has 0 spiro atoms. The number of amides is 3. The minimum atomic E-state index is -0.724. The van der Waals surface area contributed by atoms with Crippen molar-refractivity contribution in [3.05, 3.63) is 35.9 Å². The van der Waals surface area contributed by atoms with Crippen LogP contribution in [0.3, 0.4) is 0 Å². The van der Waals surface area contributed by atoms with Gasteiger partial charge in [-0.3, -0.25) is 9.69 Å². The maximum atomic E-state index is 12.8. The van der Waals surface area contributed by atoms with Gasteiger partial charge in [0.2, 0.25) is 5.91 Å². The van der Waals surface area contributed by atoms with Gasteiger partial charge in [-0.1, -0.05) is 30.3 Å². The third-order valence-corrected chi connectivity index (χ3v) is 5.46. The molecule has 1 saturated heterocycles. The number of alkyl carbamates (subject to hydrolysis) is 2. The first-order valence-corrected chi connectivity index (χ1v) is 12.7. The molecule has 0 aliphatic carbocycles. The Bertz CT molecular complexity index is 793. The standard InChI is InChI=1S/C26H42N4O6/c1-26(2,3)36-24(32)28-13-8-7-12-22(29-25(33)35-20-21-10-5-4-6-11-21)23(31)27-14-9-15-30-16-18-34-19-17-30/h4-6,10-11,22H,7-9,12-20H2,1-3H3,(H,27,31)(H,28,32)(H,29,33)/t22-/m0/s1. The molecule has 2 rings (SSSR count). The van der Waals surface area contributed by atoms with Gasteiger partial charge >= 0.3 is 12.2 Å². The average molecular weight is 507 g/mol. The summed E-state index contributed by atoms with van der Waals surface area (Å²) in [5, 5.41) is 8.33. The molecule has 10 nitrogen and oxygen atoms in total. The lowest BCUT2D eigenvalue weighted by Gasteiger charge is -2.26. The molecule has 0 saturated carbocycles. The Morgan fingerprint density at radius 1 is 0.972 bits per heavy atom. The molecule has 3 N–H and O–H groups in total. The Hall–Kier alpha value is -2.85.